The molecule has 128 valence electrons. The molecular weight excluding hydrogens is 328 g/mol. The number of benzene rings is 2. The van der Waals surface area contributed by atoms with Gasteiger partial charge in [0.05, 0.1) is 17.1 Å². The number of aromatic nitrogens is 1. The monoisotopic (exact) mass is 344 g/mol. The maximum atomic E-state index is 12.1. The molecule has 0 spiro atoms. The normalized spacial score (nSPS) is 10.1. The van der Waals surface area contributed by atoms with Gasteiger partial charge in [-0.1, -0.05) is 36.4 Å². The molecule has 1 heterocycles. The molecule has 2 aromatic carbocycles. The summed E-state index contributed by atoms with van der Waals surface area (Å²) in [5, 5.41) is 9.70. The first-order chi connectivity index (χ1) is 12.7. The van der Waals surface area contributed by atoms with Crippen molar-refractivity contribution in [3.8, 4) is 6.07 Å². The summed E-state index contributed by atoms with van der Waals surface area (Å²) >= 11 is 0. The SMILES string of the molecule is N#Cc1ccc(CCC(=O)NNC(=O)c2ccc3ccccc3n2)cc1. The number of fused-ring (bicyclic) bond motifs is 1. The second-order valence-electron chi connectivity index (χ2n) is 5.70. The van der Waals surface area contributed by atoms with Crippen LogP contribution < -0.4 is 10.9 Å². The Bertz CT molecular complexity index is 991. The second kappa shape index (κ2) is 7.90. The molecule has 0 bridgehead atoms. The average Bonchev–Trinajstić information content (AvgIpc) is 2.70. The number of nitriles is 1. The highest BCUT2D eigenvalue weighted by Gasteiger charge is 2.09. The molecular formula is C20H16N4O2. The number of carbonyl (C=O) groups is 2. The van der Waals surface area contributed by atoms with E-state index in [1.807, 2.05) is 48.5 Å². The lowest BCUT2D eigenvalue weighted by Gasteiger charge is -2.08. The number of para-hydroxylation sites is 1. The van der Waals surface area contributed by atoms with Crippen LogP contribution in [0.4, 0.5) is 0 Å². The smallest absolute Gasteiger partial charge is 0.273 e. The molecule has 3 aromatic rings. The number of pyridine rings is 1. The van der Waals surface area contributed by atoms with Gasteiger partial charge in [0.25, 0.3) is 5.91 Å². The fourth-order valence-electron chi connectivity index (χ4n) is 2.45. The van der Waals surface area contributed by atoms with Gasteiger partial charge in [-0.2, -0.15) is 5.26 Å². The van der Waals surface area contributed by atoms with Crippen molar-refractivity contribution in [3.05, 3.63) is 77.5 Å². The van der Waals surface area contributed by atoms with E-state index in [1.165, 1.54) is 0 Å². The van der Waals surface area contributed by atoms with Crippen molar-refractivity contribution >= 4 is 22.7 Å². The molecule has 0 aliphatic heterocycles. The summed E-state index contributed by atoms with van der Waals surface area (Å²) in [4.78, 5) is 28.3. The zero-order valence-corrected chi connectivity index (χ0v) is 13.9. The molecule has 3 rings (SSSR count). The predicted octanol–water partition coefficient (Wildman–Crippen LogP) is 2.50. The Hall–Kier alpha value is -3.72. The molecule has 0 fully saturated rings. The van der Waals surface area contributed by atoms with Crippen LogP contribution in [0.2, 0.25) is 0 Å². The maximum Gasteiger partial charge on any atom is 0.288 e. The van der Waals surface area contributed by atoms with E-state index in [1.54, 1.807) is 18.2 Å². The van der Waals surface area contributed by atoms with Crippen LogP contribution in [0.25, 0.3) is 10.9 Å². The largest absolute Gasteiger partial charge is 0.288 e. The fourth-order valence-corrected chi connectivity index (χ4v) is 2.45. The van der Waals surface area contributed by atoms with Crippen molar-refractivity contribution in [2.45, 2.75) is 12.8 Å². The van der Waals surface area contributed by atoms with Crippen LogP contribution in [-0.2, 0) is 11.2 Å². The molecule has 0 saturated heterocycles. The molecule has 0 unspecified atom stereocenters. The van der Waals surface area contributed by atoms with Gasteiger partial charge < -0.3 is 0 Å². The topological polar surface area (TPSA) is 94.9 Å². The van der Waals surface area contributed by atoms with Crippen LogP contribution in [0.1, 0.15) is 28.0 Å². The molecule has 2 amide bonds. The lowest BCUT2D eigenvalue weighted by molar-refractivity contribution is -0.121. The summed E-state index contributed by atoms with van der Waals surface area (Å²) in [5.74, 6) is -0.772. The molecule has 0 atom stereocenters. The third kappa shape index (κ3) is 4.22. The minimum atomic E-state index is -0.470. The number of nitrogens with zero attached hydrogens (tertiary/aromatic N) is 2. The fraction of sp³-hybridized carbons (Fsp3) is 0.100. The first kappa shape index (κ1) is 17.1. The van der Waals surface area contributed by atoms with Crippen LogP contribution in [-0.4, -0.2) is 16.8 Å². The number of hydrogen-bond donors (Lipinski definition) is 2. The van der Waals surface area contributed by atoms with E-state index in [9.17, 15) is 9.59 Å². The molecule has 0 saturated carbocycles. The number of amides is 2. The number of hydrazine groups is 1. The minimum Gasteiger partial charge on any atom is -0.273 e. The van der Waals surface area contributed by atoms with Gasteiger partial charge in [0, 0.05) is 11.8 Å². The number of carbonyl (C=O) groups excluding carboxylic acids is 2. The first-order valence-corrected chi connectivity index (χ1v) is 8.10. The van der Waals surface area contributed by atoms with Gasteiger partial charge in [0.1, 0.15) is 5.69 Å². The molecule has 26 heavy (non-hydrogen) atoms. The Kier molecular flexibility index (Phi) is 5.20. The van der Waals surface area contributed by atoms with Crippen LogP contribution in [0, 0.1) is 11.3 Å². The molecule has 2 N–H and O–H groups in total. The van der Waals surface area contributed by atoms with E-state index in [4.69, 9.17) is 5.26 Å². The van der Waals surface area contributed by atoms with Crippen LogP contribution in [0.5, 0.6) is 0 Å². The van der Waals surface area contributed by atoms with E-state index in [-0.39, 0.29) is 18.0 Å². The van der Waals surface area contributed by atoms with Crippen molar-refractivity contribution in [2.75, 3.05) is 0 Å². The van der Waals surface area contributed by atoms with E-state index >= 15 is 0 Å². The van der Waals surface area contributed by atoms with Crippen molar-refractivity contribution in [2.24, 2.45) is 0 Å². The Balaban J connectivity index is 1.51. The zero-order chi connectivity index (χ0) is 18.4. The molecule has 1 aromatic heterocycles. The van der Waals surface area contributed by atoms with E-state index < -0.39 is 5.91 Å². The lowest BCUT2D eigenvalue weighted by Crippen LogP contribution is -2.42. The Morgan fingerprint density at radius 1 is 0.962 bits per heavy atom. The van der Waals surface area contributed by atoms with E-state index in [0.717, 1.165) is 10.9 Å². The summed E-state index contributed by atoms with van der Waals surface area (Å²) in [5.41, 5.74) is 7.24. The quantitative estimate of drug-likeness (QED) is 0.711. The lowest BCUT2D eigenvalue weighted by atomic mass is 10.1. The first-order valence-electron chi connectivity index (χ1n) is 8.10. The summed E-state index contributed by atoms with van der Waals surface area (Å²) in [6.07, 6.45) is 0.735. The summed E-state index contributed by atoms with van der Waals surface area (Å²) in [7, 11) is 0. The molecule has 0 radical (unpaired) electrons. The van der Waals surface area contributed by atoms with Crippen LogP contribution in [0.15, 0.2) is 60.7 Å². The van der Waals surface area contributed by atoms with Crippen molar-refractivity contribution in [1.29, 1.82) is 5.26 Å². The second-order valence-corrected chi connectivity index (χ2v) is 5.70. The van der Waals surface area contributed by atoms with E-state index in [2.05, 4.69) is 15.8 Å². The highest BCUT2D eigenvalue weighted by molar-refractivity contribution is 5.95. The molecule has 0 aliphatic rings. The minimum absolute atomic E-state index is 0.220. The van der Waals surface area contributed by atoms with Crippen molar-refractivity contribution in [3.63, 3.8) is 0 Å². The summed E-state index contributed by atoms with van der Waals surface area (Å²) < 4.78 is 0. The van der Waals surface area contributed by atoms with Gasteiger partial charge in [0.15, 0.2) is 0 Å². The van der Waals surface area contributed by atoms with Crippen molar-refractivity contribution in [1.82, 2.24) is 15.8 Å². The summed E-state index contributed by atoms with van der Waals surface area (Å²) in [6.45, 7) is 0. The number of hydrogen-bond acceptors (Lipinski definition) is 4. The Labute approximate surface area is 150 Å². The number of nitrogens with one attached hydrogen (secondary N) is 2. The molecule has 6 heteroatoms. The predicted molar refractivity (Wildman–Crippen MR) is 96.8 cm³/mol. The van der Waals surface area contributed by atoms with E-state index in [0.29, 0.717) is 17.5 Å². The maximum absolute atomic E-state index is 12.1. The van der Waals surface area contributed by atoms with Gasteiger partial charge in [-0.3, -0.25) is 20.4 Å². The number of rotatable bonds is 4. The molecule has 6 nitrogen and oxygen atoms in total. The highest BCUT2D eigenvalue weighted by atomic mass is 16.2. The van der Waals surface area contributed by atoms with Gasteiger partial charge in [-0.15, -0.1) is 0 Å². The van der Waals surface area contributed by atoms with Gasteiger partial charge >= 0.3 is 0 Å². The third-order valence-electron chi connectivity index (χ3n) is 3.87. The number of aryl methyl sites for hydroxylation is 1. The van der Waals surface area contributed by atoms with Gasteiger partial charge in [-0.05, 0) is 36.2 Å². The third-order valence-corrected chi connectivity index (χ3v) is 3.87. The van der Waals surface area contributed by atoms with Gasteiger partial charge in [-0.25, -0.2) is 4.98 Å². The summed E-state index contributed by atoms with van der Waals surface area (Å²) in [6, 6.07) is 20.0. The Morgan fingerprint density at radius 2 is 1.73 bits per heavy atom. The van der Waals surface area contributed by atoms with Gasteiger partial charge in [0.2, 0.25) is 5.91 Å². The van der Waals surface area contributed by atoms with Crippen LogP contribution >= 0.6 is 0 Å². The Morgan fingerprint density at radius 3 is 2.50 bits per heavy atom. The van der Waals surface area contributed by atoms with Crippen LogP contribution in [0.3, 0.4) is 0 Å². The average molecular weight is 344 g/mol. The zero-order valence-electron chi connectivity index (χ0n) is 13.9. The molecule has 0 aliphatic carbocycles. The standard InChI is InChI=1S/C20H16N4O2/c21-13-15-7-5-14(6-8-15)9-12-19(25)23-24-20(26)18-11-10-16-3-1-2-4-17(16)22-18/h1-8,10-11H,9,12H2,(H,23,25)(H,24,26). The van der Waals surface area contributed by atoms with Crippen molar-refractivity contribution < 1.29 is 9.59 Å². The highest BCUT2D eigenvalue weighted by Crippen LogP contribution is 2.11.